The maximum atomic E-state index is 12.7. The van der Waals surface area contributed by atoms with Crippen LogP contribution in [0.1, 0.15) is 32.1 Å². The van der Waals surface area contributed by atoms with E-state index in [1.807, 2.05) is 62.4 Å². The van der Waals surface area contributed by atoms with Crippen LogP contribution in [0.5, 0.6) is 0 Å². The van der Waals surface area contributed by atoms with Gasteiger partial charge in [0.2, 0.25) is 0 Å². The van der Waals surface area contributed by atoms with Gasteiger partial charge < -0.3 is 4.74 Å². The molecule has 0 fully saturated rings. The van der Waals surface area contributed by atoms with Gasteiger partial charge in [-0.05, 0) is 49.7 Å². The second kappa shape index (κ2) is 9.16. The second-order valence-electron chi connectivity index (χ2n) is 7.33. The summed E-state index contributed by atoms with van der Waals surface area (Å²) >= 11 is 5.85. The number of hydrogen-bond acceptors (Lipinski definition) is 5. The van der Waals surface area contributed by atoms with Gasteiger partial charge in [0.15, 0.2) is 18.2 Å². The molecule has 0 spiro atoms. The number of benzene rings is 3. The maximum Gasteiger partial charge on any atom is 0.378 e. The number of halogens is 1. The normalized spacial score (nSPS) is 10.7. The largest absolute Gasteiger partial charge is 0.451 e. The van der Waals surface area contributed by atoms with Crippen LogP contribution in [-0.4, -0.2) is 33.1 Å². The number of ether oxygens (including phenoxy) is 1. The molecule has 0 amide bonds. The first-order valence-electron chi connectivity index (χ1n) is 9.98. The number of ketones is 1. The zero-order chi connectivity index (χ0) is 22.7. The van der Waals surface area contributed by atoms with Crippen LogP contribution in [0.2, 0.25) is 5.02 Å². The van der Waals surface area contributed by atoms with Crippen molar-refractivity contribution in [1.82, 2.24) is 14.8 Å². The zero-order valence-electron chi connectivity index (χ0n) is 17.6. The van der Waals surface area contributed by atoms with E-state index in [9.17, 15) is 9.59 Å². The number of aryl methyl sites for hydroxylation is 2. The quantitative estimate of drug-likeness (QED) is 0.299. The summed E-state index contributed by atoms with van der Waals surface area (Å²) in [6, 6.07) is 21.8. The van der Waals surface area contributed by atoms with E-state index in [4.69, 9.17) is 16.3 Å². The molecule has 160 valence electrons. The number of aromatic nitrogens is 3. The molecule has 0 aliphatic rings. The van der Waals surface area contributed by atoms with Crippen molar-refractivity contribution in [2.45, 2.75) is 13.8 Å². The van der Waals surface area contributed by atoms with Gasteiger partial charge in [-0.1, -0.05) is 59.6 Å². The van der Waals surface area contributed by atoms with Crippen LogP contribution in [0.4, 0.5) is 0 Å². The van der Waals surface area contributed by atoms with Crippen molar-refractivity contribution < 1.29 is 14.3 Å². The third-order valence-electron chi connectivity index (χ3n) is 4.94. The first kappa shape index (κ1) is 21.5. The first-order chi connectivity index (χ1) is 15.4. The average molecular weight is 446 g/mol. The molecule has 4 aromatic rings. The molecular formula is C25H20ClN3O3. The lowest BCUT2D eigenvalue weighted by atomic mass is 10.1. The van der Waals surface area contributed by atoms with E-state index in [2.05, 4.69) is 10.1 Å². The SMILES string of the molecule is Cc1ccc(-c2nc(C(=O)OCC(=O)c3ccc(Cl)cc3)nn2-c2ccccc2C)cc1. The lowest BCUT2D eigenvalue weighted by Crippen LogP contribution is -2.15. The Bertz CT molecular complexity index is 1280. The Morgan fingerprint density at radius 3 is 2.31 bits per heavy atom. The van der Waals surface area contributed by atoms with Crippen LogP contribution in [0.25, 0.3) is 17.1 Å². The third kappa shape index (κ3) is 4.60. The highest BCUT2D eigenvalue weighted by atomic mass is 35.5. The minimum atomic E-state index is -0.770. The molecule has 0 atom stereocenters. The number of rotatable bonds is 6. The summed E-state index contributed by atoms with van der Waals surface area (Å²) in [4.78, 5) is 29.4. The van der Waals surface area contributed by atoms with Crippen LogP contribution in [0, 0.1) is 13.8 Å². The van der Waals surface area contributed by atoms with E-state index in [1.54, 1.807) is 28.9 Å². The fourth-order valence-corrected chi connectivity index (χ4v) is 3.30. The number of Topliss-reactive ketones (excluding diaryl/α,β-unsaturated/α-hetero) is 1. The molecule has 7 heteroatoms. The molecule has 6 nitrogen and oxygen atoms in total. The van der Waals surface area contributed by atoms with E-state index in [-0.39, 0.29) is 11.6 Å². The molecule has 1 heterocycles. The van der Waals surface area contributed by atoms with Gasteiger partial charge in [-0.25, -0.2) is 14.5 Å². The van der Waals surface area contributed by atoms with Crippen LogP contribution in [0.3, 0.4) is 0 Å². The Hall–Kier alpha value is -3.77. The summed E-state index contributed by atoms with van der Waals surface area (Å²) in [6.45, 7) is 3.54. The Morgan fingerprint density at radius 1 is 0.938 bits per heavy atom. The lowest BCUT2D eigenvalue weighted by molar-refractivity contribution is 0.0462. The van der Waals surface area contributed by atoms with Gasteiger partial charge in [0, 0.05) is 16.1 Å². The number of carbonyl (C=O) groups excluding carboxylic acids is 2. The van der Waals surface area contributed by atoms with Gasteiger partial charge in [0.05, 0.1) is 5.69 Å². The fourth-order valence-electron chi connectivity index (χ4n) is 3.17. The molecule has 0 radical (unpaired) electrons. The smallest absolute Gasteiger partial charge is 0.378 e. The van der Waals surface area contributed by atoms with Crippen molar-refractivity contribution in [2.75, 3.05) is 6.61 Å². The highest BCUT2D eigenvalue weighted by molar-refractivity contribution is 6.30. The highest BCUT2D eigenvalue weighted by Gasteiger charge is 2.21. The van der Waals surface area contributed by atoms with Crippen LogP contribution in [-0.2, 0) is 4.74 Å². The number of esters is 1. The van der Waals surface area contributed by atoms with Crippen molar-refractivity contribution >= 4 is 23.4 Å². The van der Waals surface area contributed by atoms with Crippen LogP contribution < -0.4 is 0 Å². The van der Waals surface area contributed by atoms with E-state index in [0.717, 1.165) is 22.4 Å². The predicted octanol–water partition coefficient (Wildman–Crippen LogP) is 5.24. The molecule has 0 aliphatic carbocycles. The summed E-state index contributed by atoms with van der Waals surface area (Å²) in [5, 5.41) is 4.93. The summed E-state index contributed by atoms with van der Waals surface area (Å²) in [6.07, 6.45) is 0. The van der Waals surface area contributed by atoms with E-state index >= 15 is 0 Å². The summed E-state index contributed by atoms with van der Waals surface area (Å²) in [5.41, 5.74) is 4.09. The van der Waals surface area contributed by atoms with E-state index in [0.29, 0.717) is 16.4 Å². The number of nitrogens with zero attached hydrogens (tertiary/aromatic N) is 3. The molecular weight excluding hydrogens is 426 g/mol. The number of carbonyl (C=O) groups is 2. The van der Waals surface area contributed by atoms with Gasteiger partial charge in [-0.3, -0.25) is 4.79 Å². The Morgan fingerprint density at radius 2 is 1.62 bits per heavy atom. The second-order valence-corrected chi connectivity index (χ2v) is 7.77. The molecule has 0 bridgehead atoms. The van der Waals surface area contributed by atoms with Crippen LogP contribution >= 0.6 is 11.6 Å². The molecule has 32 heavy (non-hydrogen) atoms. The molecule has 0 aliphatic heterocycles. The average Bonchev–Trinajstić information content (AvgIpc) is 3.24. The summed E-state index contributed by atoms with van der Waals surface area (Å²) in [5.74, 6) is -0.719. The highest BCUT2D eigenvalue weighted by Crippen LogP contribution is 2.24. The van der Waals surface area contributed by atoms with Crippen molar-refractivity contribution in [3.8, 4) is 17.1 Å². The maximum absolute atomic E-state index is 12.7. The van der Waals surface area contributed by atoms with E-state index in [1.165, 1.54) is 0 Å². The van der Waals surface area contributed by atoms with Crippen molar-refractivity contribution in [1.29, 1.82) is 0 Å². The summed E-state index contributed by atoms with van der Waals surface area (Å²) < 4.78 is 6.83. The predicted molar refractivity (Wildman–Crippen MR) is 122 cm³/mol. The zero-order valence-corrected chi connectivity index (χ0v) is 18.3. The fraction of sp³-hybridized carbons (Fsp3) is 0.120. The van der Waals surface area contributed by atoms with Crippen molar-refractivity contribution in [3.63, 3.8) is 0 Å². The molecule has 3 aromatic carbocycles. The molecule has 0 saturated heterocycles. The van der Waals surface area contributed by atoms with Gasteiger partial charge in [0.25, 0.3) is 5.82 Å². The molecule has 4 rings (SSSR count). The van der Waals surface area contributed by atoms with Gasteiger partial charge in [-0.15, -0.1) is 5.10 Å². The number of para-hydroxylation sites is 1. The third-order valence-corrected chi connectivity index (χ3v) is 5.20. The minimum absolute atomic E-state index is 0.118. The Balaban J connectivity index is 1.62. The van der Waals surface area contributed by atoms with Crippen molar-refractivity contribution in [2.24, 2.45) is 0 Å². The Labute approximate surface area is 190 Å². The summed E-state index contributed by atoms with van der Waals surface area (Å²) in [7, 11) is 0. The first-order valence-corrected chi connectivity index (χ1v) is 10.4. The molecule has 0 saturated carbocycles. The van der Waals surface area contributed by atoms with Gasteiger partial charge in [-0.2, -0.15) is 0 Å². The minimum Gasteiger partial charge on any atom is -0.451 e. The lowest BCUT2D eigenvalue weighted by Gasteiger charge is -2.08. The van der Waals surface area contributed by atoms with Crippen LogP contribution in [0.15, 0.2) is 72.8 Å². The molecule has 1 aromatic heterocycles. The topological polar surface area (TPSA) is 74.1 Å². The molecule has 0 unspecified atom stereocenters. The molecule has 0 N–H and O–H groups in total. The Kier molecular flexibility index (Phi) is 6.14. The number of hydrogen-bond donors (Lipinski definition) is 0. The van der Waals surface area contributed by atoms with Crippen molar-refractivity contribution in [3.05, 3.63) is 100 Å². The van der Waals surface area contributed by atoms with Gasteiger partial charge >= 0.3 is 5.97 Å². The monoisotopic (exact) mass is 445 g/mol. The standard InChI is InChI=1S/C25H20ClN3O3/c1-16-7-9-19(10-8-16)24-27-23(28-29(24)21-6-4-3-5-17(21)2)25(31)32-15-22(30)18-11-13-20(26)14-12-18/h3-14H,15H2,1-2H3. The van der Waals surface area contributed by atoms with Gasteiger partial charge in [0.1, 0.15) is 0 Å². The van der Waals surface area contributed by atoms with E-state index < -0.39 is 12.6 Å².